The van der Waals surface area contributed by atoms with Crippen LogP contribution in [0.15, 0.2) is 0 Å². The number of carbonyl (C=O) groups is 1. The fraction of sp³-hybridized carbons (Fsp3) is 0.933. The zero-order valence-electron chi connectivity index (χ0n) is 13.7. The summed E-state index contributed by atoms with van der Waals surface area (Å²) < 4.78 is 11.3. The van der Waals surface area contributed by atoms with Crippen molar-refractivity contribution in [3.63, 3.8) is 0 Å². The first-order chi connectivity index (χ1) is 10.1. The summed E-state index contributed by atoms with van der Waals surface area (Å²) >= 11 is 0. The standard InChI is InChI=1S/C15H31N3O3/c1-13(2)15(19)17-11-14-12-18(7-10-21-14)6-9-20-8-4-5-16-3/h13-14,16H,4-12H2,1-3H3,(H,17,19). The molecule has 1 atom stereocenters. The Hall–Kier alpha value is -0.690. The molecule has 1 aliphatic heterocycles. The summed E-state index contributed by atoms with van der Waals surface area (Å²) in [4.78, 5) is 13.9. The average molecular weight is 301 g/mol. The van der Waals surface area contributed by atoms with Crippen LogP contribution in [0.25, 0.3) is 0 Å². The summed E-state index contributed by atoms with van der Waals surface area (Å²) in [5.41, 5.74) is 0. The van der Waals surface area contributed by atoms with E-state index in [-0.39, 0.29) is 17.9 Å². The number of morpholine rings is 1. The Balaban J connectivity index is 2.10. The van der Waals surface area contributed by atoms with Gasteiger partial charge in [-0.1, -0.05) is 13.8 Å². The van der Waals surface area contributed by atoms with Crippen LogP contribution in [0.1, 0.15) is 20.3 Å². The van der Waals surface area contributed by atoms with Gasteiger partial charge >= 0.3 is 0 Å². The van der Waals surface area contributed by atoms with Gasteiger partial charge in [-0.25, -0.2) is 0 Å². The Morgan fingerprint density at radius 1 is 1.43 bits per heavy atom. The van der Waals surface area contributed by atoms with E-state index in [4.69, 9.17) is 9.47 Å². The smallest absolute Gasteiger partial charge is 0.222 e. The lowest BCUT2D eigenvalue weighted by atomic mass is 10.2. The third-order valence-corrected chi connectivity index (χ3v) is 3.52. The van der Waals surface area contributed by atoms with Crippen LogP contribution in [0.3, 0.4) is 0 Å². The summed E-state index contributed by atoms with van der Waals surface area (Å²) in [7, 11) is 1.95. The second-order valence-electron chi connectivity index (χ2n) is 5.76. The molecule has 1 unspecified atom stereocenters. The van der Waals surface area contributed by atoms with Crippen molar-refractivity contribution < 1.29 is 14.3 Å². The van der Waals surface area contributed by atoms with Crippen LogP contribution in [0.5, 0.6) is 0 Å². The van der Waals surface area contributed by atoms with Gasteiger partial charge < -0.3 is 20.1 Å². The fourth-order valence-corrected chi connectivity index (χ4v) is 2.17. The molecule has 2 N–H and O–H groups in total. The van der Waals surface area contributed by atoms with Gasteiger partial charge in [0.1, 0.15) is 0 Å². The molecule has 1 aliphatic rings. The maximum Gasteiger partial charge on any atom is 0.222 e. The van der Waals surface area contributed by atoms with Gasteiger partial charge in [0.05, 0.1) is 19.3 Å². The highest BCUT2D eigenvalue weighted by Gasteiger charge is 2.21. The largest absolute Gasteiger partial charge is 0.380 e. The van der Waals surface area contributed by atoms with E-state index in [1.807, 2.05) is 20.9 Å². The second-order valence-corrected chi connectivity index (χ2v) is 5.76. The van der Waals surface area contributed by atoms with Crippen molar-refractivity contribution >= 4 is 5.91 Å². The minimum absolute atomic E-state index is 0.0238. The maximum atomic E-state index is 11.6. The first-order valence-corrected chi connectivity index (χ1v) is 7.97. The minimum Gasteiger partial charge on any atom is -0.380 e. The van der Waals surface area contributed by atoms with Crippen molar-refractivity contribution in [1.29, 1.82) is 0 Å². The fourth-order valence-electron chi connectivity index (χ4n) is 2.17. The van der Waals surface area contributed by atoms with Gasteiger partial charge in [-0.05, 0) is 20.0 Å². The molecule has 0 spiro atoms. The van der Waals surface area contributed by atoms with Crippen LogP contribution in [-0.2, 0) is 14.3 Å². The molecule has 1 saturated heterocycles. The highest BCUT2D eigenvalue weighted by Crippen LogP contribution is 2.04. The molecule has 1 rings (SSSR count). The SMILES string of the molecule is CNCCCOCCN1CCOC(CNC(=O)C(C)C)C1. The van der Waals surface area contributed by atoms with Crippen molar-refractivity contribution in [3.05, 3.63) is 0 Å². The molecule has 0 aromatic carbocycles. The number of hydrogen-bond acceptors (Lipinski definition) is 5. The monoisotopic (exact) mass is 301 g/mol. The summed E-state index contributed by atoms with van der Waals surface area (Å²) in [6.45, 7) is 10.4. The van der Waals surface area contributed by atoms with E-state index in [9.17, 15) is 4.79 Å². The van der Waals surface area contributed by atoms with E-state index >= 15 is 0 Å². The van der Waals surface area contributed by atoms with E-state index in [1.165, 1.54) is 0 Å². The highest BCUT2D eigenvalue weighted by molar-refractivity contribution is 5.77. The predicted octanol–water partition coefficient (Wildman–Crippen LogP) is 0.0855. The van der Waals surface area contributed by atoms with Crippen LogP contribution in [-0.4, -0.2) is 76.5 Å². The molecule has 0 aromatic rings. The number of nitrogens with zero attached hydrogens (tertiary/aromatic N) is 1. The summed E-state index contributed by atoms with van der Waals surface area (Å²) in [6, 6.07) is 0. The van der Waals surface area contributed by atoms with Gasteiger partial charge in [-0.2, -0.15) is 0 Å². The Kier molecular flexibility index (Phi) is 9.58. The number of amides is 1. The zero-order chi connectivity index (χ0) is 15.5. The first kappa shape index (κ1) is 18.4. The maximum absolute atomic E-state index is 11.6. The first-order valence-electron chi connectivity index (χ1n) is 7.97. The lowest BCUT2D eigenvalue weighted by molar-refractivity contribution is -0.125. The van der Waals surface area contributed by atoms with Gasteiger partial charge in [-0.15, -0.1) is 0 Å². The van der Waals surface area contributed by atoms with Crippen molar-refractivity contribution in [2.45, 2.75) is 26.4 Å². The number of ether oxygens (including phenoxy) is 2. The van der Waals surface area contributed by atoms with Crippen LogP contribution in [0, 0.1) is 5.92 Å². The molecule has 0 radical (unpaired) electrons. The van der Waals surface area contributed by atoms with E-state index in [0.29, 0.717) is 6.54 Å². The molecule has 6 heteroatoms. The van der Waals surface area contributed by atoms with Gasteiger partial charge in [0.2, 0.25) is 5.91 Å². The average Bonchev–Trinajstić information content (AvgIpc) is 2.48. The predicted molar refractivity (Wildman–Crippen MR) is 83.4 cm³/mol. The Labute approximate surface area is 128 Å². The molecule has 0 saturated carbocycles. The number of carbonyl (C=O) groups excluding carboxylic acids is 1. The topological polar surface area (TPSA) is 62.8 Å². The Morgan fingerprint density at radius 3 is 2.95 bits per heavy atom. The van der Waals surface area contributed by atoms with Crippen LogP contribution in [0.4, 0.5) is 0 Å². The second kappa shape index (κ2) is 11.0. The minimum atomic E-state index is 0.0238. The number of hydrogen-bond donors (Lipinski definition) is 2. The number of rotatable bonds is 10. The molecular weight excluding hydrogens is 270 g/mol. The van der Waals surface area contributed by atoms with E-state index in [1.54, 1.807) is 0 Å². The van der Waals surface area contributed by atoms with Crippen LogP contribution >= 0.6 is 0 Å². The quantitative estimate of drug-likeness (QED) is 0.560. The molecule has 21 heavy (non-hydrogen) atoms. The zero-order valence-corrected chi connectivity index (χ0v) is 13.7. The van der Waals surface area contributed by atoms with Crippen molar-refractivity contribution in [3.8, 4) is 0 Å². The molecule has 124 valence electrons. The number of nitrogens with one attached hydrogen (secondary N) is 2. The summed E-state index contributed by atoms with van der Waals surface area (Å²) in [5, 5.41) is 6.04. The molecule has 0 aliphatic carbocycles. The van der Waals surface area contributed by atoms with Crippen molar-refractivity contribution in [1.82, 2.24) is 15.5 Å². The third-order valence-electron chi connectivity index (χ3n) is 3.52. The lowest BCUT2D eigenvalue weighted by Gasteiger charge is -2.33. The highest BCUT2D eigenvalue weighted by atomic mass is 16.5. The summed E-state index contributed by atoms with van der Waals surface area (Å²) in [6.07, 6.45) is 1.13. The molecule has 1 heterocycles. The molecule has 6 nitrogen and oxygen atoms in total. The normalized spacial score (nSPS) is 19.9. The van der Waals surface area contributed by atoms with Gasteiger partial charge in [0, 0.05) is 38.7 Å². The third kappa shape index (κ3) is 8.36. The van der Waals surface area contributed by atoms with Crippen LogP contribution < -0.4 is 10.6 Å². The molecule has 0 bridgehead atoms. The van der Waals surface area contributed by atoms with Gasteiger partial charge in [0.25, 0.3) is 0 Å². The van der Waals surface area contributed by atoms with E-state index in [2.05, 4.69) is 15.5 Å². The van der Waals surface area contributed by atoms with E-state index < -0.39 is 0 Å². The lowest BCUT2D eigenvalue weighted by Crippen LogP contribution is -2.48. The Morgan fingerprint density at radius 2 is 2.24 bits per heavy atom. The summed E-state index contributed by atoms with van der Waals surface area (Å²) in [5.74, 6) is 0.110. The van der Waals surface area contributed by atoms with E-state index in [0.717, 1.165) is 52.4 Å². The van der Waals surface area contributed by atoms with Crippen molar-refractivity contribution in [2.75, 3.05) is 59.6 Å². The molecule has 0 aromatic heterocycles. The van der Waals surface area contributed by atoms with Crippen molar-refractivity contribution in [2.24, 2.45) is 5.92 Å². The van der Waals surface area contributed by atoms with Gasteiger partial charge in [0.15, 0.2) is 0 Å². The molecule has 1 fully saturated rings. The molecule has 1 amide bonds. The Bertz CT molecular complexity index is 287. The van der Waals surface area contributed by atoms with Gasteiger partial charge in [-0.3, -0.25) is 9.69 Å². The van der Waals surface area contributed by atoms with Crippen LogP contribution in [0.2, 0.25) is 0 Å². The molecular formula is C15H31N3O3.